The van der Waals surface area contributed by atoms with Gasteiger partial charge in [0.15, 0.2) is 0 Å². The highest BCUT2D eigenvalue weighted by molar-refractivity contribution is 5.40. The monoisotopic (exact) mass is 458 g/mol. The normalized spacial score (nSPS) is 13.1. The van der Waals surface area contributed by atoms with Crippen LogP contribution in [-0.2, 0) is 28.8 Å². The summed E-state index contributed by atoms with van der Waals surface area (Å²) in [6, 6.07) is -1.75. The van der Waals surface area contributed by atoms with E-state index in [4.69, 9.17) is 0 Å². The van der Waals surface area contributed by atoms with Crippen LogP contribution in [-0.4, -0.2) is 73.7 Å². The molecule has 0 aliphatic carbocycles. The molecule has 0 aromatic rings. The molecule has 12 nitrogen and oxygen atoms in total. The molecule has 0 N–H and O–H groups in total. The van der Waals surface area contributed by atoms with E-state index in [0.717, 1.165) is 0 Å². The largest absolute Gasteiger partial charge is 0.235 e. The van der Waals surface area contributed by atoms with Crippen LogP contribution in [0.4, 0.5) is 0 Å². The van der Waals surface area contributed by atoms with Gasteiger partial charge in [0.1, 0.15) is 5.54 Å². The van der Waals surface area contributed by atoms with Crippen molar-refractivity contribution < 1.29 is 28.8 Å². The molecule has 3 unspecified atom stereocenters. The molecule has 0 bridgehead atoms. The van der Waals surface area contributed by atoms with Crippen molar-refractivity contribution in [1.29, 1.82) is 0 Å². The number of hydrogen-bond donors (Lipinski definition) is 0. The van der Waals surface area contributed by atoms with Crippen LogP contribution in [0.5, 0.6) is 0 Å². The third-order valence-corrected chi connectivity index (χ3v) is 5.11. The second-order valence-corrected chi connectivity index (χ2v) is 7.03. The van der Waals surface area contributed by atoms with Gasteiger partial charge in [0.2, 0.25) is 36.5 Å². The molecule has 12 heteroatoms. The molecular weight excluding hydrogens is 432 g/mol. The maximum atomic E-state index is 11.4. The molecule has 176 valence electrons. The fraction of sp³-hybridized carbons (Fsp3) is 0.714. The molecule has 0 aliphatic rings. The average Bonchev–Trinajstić information content (AvgIpc) is 2.82. The molecule has 0 amide bonds. The van der Waals surface area contributed by atoms with Gasteiger partial charge in [0, 0.05) is 0 Å². The van der Waals surface area contributed by atoms with Gasteiger partial charge in [-0.2, -0.15) is 15.0 Å². The lowest BCUT2D eigenvalue weighted by atomic mass is 9.75. The van der Waals surface area contributed by atoms with Gasteiger partial charge < -0.3 is 0 Å². The van der Waals surface area contributed by atoms with Crippen LogP contribution in [0.2, 0.25) is 0 Å². The summed E-state index contributed by atoms with van der Waals surface area (Å²) < 4.78 is 0. The first-order valence-electron chi connectivity index (χ1n) is 10.5. The van der Waals surface area contributed by atoms with Crippen molar-refractivity contribution in [3.63, 3.8) is 0 Å². The minimum Gasteiger partial charge on any atom is -0.211 e. The van der Waals surface area contributed by atoms with Gasteiger partial charge in [0.25, 0.3) is 0 Å². The maximum absolute atomic E-state index is 11.4. The quantitative estimate of drug-likeness (QED) is 0.153. The first-order valence-corrected chi connectivity index (χ1v) is 10.5. The number of carbonyl (C=O) groups excluding carboxylic acids is 6. The van der Waals surface area contributed by atoms with Crippen molar-refractivity contribution in [1.82, 2.24) is 0 Å². The summed E-state index contributed by atoms with van der Waals surface area (Å²) in [7, 11) is 0. The molecule has 0 aromatic heterocycles. The van der Waals surface area contributed by atoms with Crippen LogP contribution in [0.1, 0.15) is 57.8 Å². The number of rotatable bonds is 20. The van der Waals surface area contributed by atoms with E-state index in [0.29, 0.717) is 45.1 Å². The molecular formula is C21H26N6O6. The summed E-state index contributed by atoms with van der Waals surface area (Å²) in [5.41, 5.74) is -1.39. The highest BCUT2D eigenvalue weighted by Gasteiger charge is 2.45. The third kappa shape index (κ3) is 12.0. The van der Waals surface area contributed by atoms with Crippen molar-refractivity contribution in [2.24, 2.45) is 30.0 Å². The number of hydrogen-bond acceptors (Lipinski definition) is 12. The fourth-order valence-corrected chi connectivity index (χ4v) is 3.63. The van der Waals surface area contributed by atoms with Gasteiger partial charge in [-0.15, -0.1) is 0 Å². The smallest absolute Gasteiger partial charge is 0.211 e. The lowest BCUT2D eigenvalue weighted by Gasteiger charge is -2.37. The lowest BCUT2D eigenvalue weighted by Crippen LogP contribution is -2.49. The summed E-state index contributed by atoms with van der Waals surface area (Å²) in [4.78, 5) is 86.8. The van der Waals surface area contributed by atoms with E-state index in [1.165, 1.54) is 36.5 Å². The van der Waals surface area contributed by atoms with Crippen LogP contribution in [0.25, 0.3) is 0 Å². The zero-order valence-corrected chi connectivity index (χ0v) is 18.3. The van der Waals surface area contributed by atoms with Gasteiger partial charge in [0.05, 0.1) is 31.7 Å². The van der Waals surface area contributed by atoms with E-state index in [2.05, 4.69) is 30.0 Å². The molecule has 0 aromatic carbocycles. The second-order valence-electron chi connectivity index (χ2n) is 7.03. The Morgan fingerprint density at radius 1 is 0.515 bits per heavy atom. The predicted octanol–water partition coefficient (Wildman–Crippen LogP) is 1.99. The molecule has 0 radical (unpaired) electrons. The molecule has 0 spiro atoms. The Hall–Kier alpha value is -3.72. The highest BCUT2D eigenvalue weighted by Crippen LogP contribution is 2.36. The van der Waals surface area contributed by atoms with Gasteiger partial charge >= 0.3 is 0 Å². The van der Waals surface area contributed by atoms with Crippen LogP contribution >= 0.6 is 0 Å². The SMILES string of the molecule is O=C=NCCCCCC(N=C=O)(C(CCCCN=C=O)N=C=O)C(CCCN=C=O)N=C=O. The molecule has 0 fully saturated rings. The minimum atomic E-state index is -1.39. The van der Waals surface area contributed by atoms with E-state index in [-0.39, 0.29) is 32.4 Å². The van der Waals surface area contributed by atoms with Crippen LogP contribution in [0.3, 0.4) is 0 Å². The summed E-state index contributed by atoms with van der Waals surface area (Å²) >= 11 is 0. The van der Waals surface area contributed by atoms with Crippen LogP contribution < -0.4 is 0 Å². The zero-order valence-electron chi connectivity index (χ0n) is 18.3. The van der Waals surface area contributed by atoms with Crippen molar-refractivity contribution in [2.45, 2.75) is 75.4 Å². The fourth-order valence-electron chi connectivity index (χ4n) is 3.63. The Kier molecular flexibility index (Phi) is 17.9. The lowest BCUT2D eigenvalue weighted by molar-refractivity contribution is 0.237. The first kappa shape index (κ1) is 29.3. The van der Waals surface area contributed by atoms with Gasteiger partial charge in [-0.1, -0.05) is 12.8 Å². The van der Waals surface area contributed by atoms with E-state index >= 15 is 0 Å². The number of aliphatic imine (C=N–C) groups is 6. The van der Waals surface area contributed by atoms with Crippen molar-refractivity contribution in [2.75, 3.05) is 19.6 Å². The number of isocyanates is 6. The van der Waals surface area contributed by atoms with Crippen LogP contribution in [0.15, 0.2) is 30.0 Å². The summed E-state index contributed by atoms with van der Waals surface area (Å²) in [6.07, 6.45) is 12.6. The van der Waals surface area contributed by atoms with Crippen molar-refractivity contribution in [3.05, 3.63) is 0 Å². The standard InChI is InChI=1S/C21H26N6O6/c28-13-22-10-4-1-3-9-21(27-18-33,20(26-17-32)8-6-12-24-15-30)19(25-16-31)7-2-5-11-23-14-29/h19-20H,1-12H2. The second kappa shape index (κ2) is 20.2. The van der Waals surface area contributed by atoms with E-state index in [1.807, 2.05) is 0 Å². The Morgan fingerprint density at radius 2 is 1.00 bits per heavy atom. The Balaban J connectivity index is 6.00. The van der Waals surface area contributed by atoms with Gasteiger partial charge in [-0.05, 0) is 44.9 Å². The Bertz CT molecular complexity index is 872. The summed E-state index contributed by atoms with van der Waals surface area (Å²) in [6.45, 7) is 0.659. The molecule has 0 aliphatic heterocycles. The molecule has 0 saturated carbocycles. The molecule has 0 rings (SSSR count). The van der Waals surface area contributed by atoms with Gasteiger partial charge in [-0.3, -0.25) is 0 Å². The van der Waals surface area contributed by atoms with E-state index in [9.17, 15) is 28.8 Å². The predicted molar refractivity (Wildman–Crippen MR) is 115 cm³/mol. The average molecular weight is 458 g/mol. The first-order chi connectivity index (χ1) is 16.2. The number of nitrogens with zero attached hydrogens (tertiary/aromatic N) is 6. The summed E-state index contributed by atoms with van der Waals surface area (Å²) in [5, 5.41) is 0. The van der Waals surface area contributed by atoms with E-state index in [1.54, 1.807) is 0 Å². The zero-order chi connectivity index (χ0) is 24.6. The van der Waals surface area contributed by atoms with Crippen molar-refractivity contribution in [3.8, 4) is 0 Å². The highest BCUT2D eigenvalue weighted by atomic mass is 16.1. The third-order valence-electron chi connectivity index (χ3n) is 5.11. The van der Waals surface area contributed by atoms with Gasteiger partial charge in [-0.25, -0.2) is 43.7 Å². The molecule has 0 heterocycles. The summed E-state index contributed by atoms with van der Waals surface area (Å²) in [5.74, 6) is 0. The minimum absolute atomic E-state index is 0.129. The van der Waals surface area contributed by atoms with Crippen LogP contribution in [0, 0.1) is 0 Å². The number of unbranched alkanes of at least 4 members (excludes halogenated alkanes) is 3. The molecule has 3 atom stereocenters. The molecule has 33 heavy (non-hydrogen) atoms. The molecule has 0 saturated heterocycles. The topological polar surface area (TPSA) is 177 Å². The maximum Gasteiger partial charge on any atom is 0.235 e. The van der Waals surface area contributed by atoms with E-state index < -0.39 is 17.6 Å². The Morgan fingerprint density at radius 3 is 1.48 bits per heavy atom. The Labute approximate surface area is 190 Å². The van der Waals surface area contributed by atoms with Crippen molar-refractivity contribution >= 4 is 36.5 Å².